The highest BCUT2D eigenvalue weighted by Crippen LogP contribution is 2.18. The summed E-state index contributed by atoms with van der Waals surface area (Å²) < 4.78 is 0. The Labute approximate surface area is 148 Å². The second-order valence-corrected chi connectivity index (χ2v) is 6.16. The van der Waals surface area contributed by atoms with Gasteiger partial charge in [-0.15, -0.1) is 0 Å². The predicted molar refractivity (Wildman–Crippen MR) is 101 cm³/mol. The maximum absolute atomic E-state index is 11.6. The van der Waals surface area contributed by atoms with Gasteiger partial charge in [0.1, 0.15) is 0 Å². The summed E-state index contributed by atoms with van der Waals surface area (Å²) in [5.41, 5.74) is 3.89. The fourth-order valence-corrected chi connectivity index (χ4v) is 2.33. The van der Waals surface area contributed by atoms with Crippen molar-refractivity contribution < 1.29 is 9.59 Å². The number of anilines is 2. The number of hydrogen-bond acceptors (Lipinski definition) is 3. The van der Waals surface area contributed by atoms with Crippen molar-refractivity contribution in [2.45, 2.75) is 6.42 Å². The van der Waals surface area contributed by atoms with Crippen molar-refractivity contribution in [3.05, 3.63) is 59.7 Å². The third kappa shape index (κ3) is 5.06. The molecule has 0 bridgehead atoms. The Morgan fingerprint density at radius 3 is 1.88 bits per heavy atom. The minimum atomic E-state index is -0.149. The van der Waals surface area contributed by atoms with E-state index >= 15 is 0 Å². The summed E-state index contributed by atoms with van der Waals surface area (Å²) in [5, 5.41) is 6.07. The molecule has 0 atom stereocenters. The van der Waals surface area contributed by atoms with Crippen LogP contribution in [0.4, 0.5) is 16.2 Å². The van der Waals surface area contributed by atoms with Gasteiger partial charge in [0, 0.05) is 33.9 Å². The lowest BCUT2D eigenvalue weighted by Crippen LogP contribution is -2.35. The first-order valence-electron chi connectivity index (χ1n) is 7.98. The number of hydrazine groups is 1. The summed E-state index contributed by atoms with van der Waals surface area (Å²) in [4.78, 5) is 24.2. The quantitative estimate of drug-likeness (QED) is 0.650. The summed E-state index contributed by atoms with van der Waals surface area (Å²) in [6, 6.07) is 15.5. The number of benzene rings is 2. The van der Waals surface area contributed by atoms with E-state index < -0.39 is 0 Å². The SMILES string of the molecule is CN(C)C(=O)Nc1ccc(Cc2ccc(N(C=O)N(C)C)cc2)cc1. The van der Waals surface area contributed by atoms with Crippen LogP contribution in [0.15, 0.2) is 48.5 Å². The maximum atomic E-state index is 11.6. The van der Waals surface area contributed by atoms with Crippen molar-refractivity contribution in [3.8, 4) is 0 Å². The second-order valence-electron chi connectivity index (χ2n) is 6.16. The molecule has 6 heteroatoms. The van der Waals surface area contributed by atoms with Crippen molar-refractivity contribution in [3.63, 3.8) is 0 Å². The average Bonchev–Trinajstić information content (AvgIpc) is 2.58. The number of carbonyl (C=O) groups is 2. The van der Waals surface area contributed by atoms with Crippen LogP contribution in [-0.2, 0) is 11.2 Å². The predicted octanol–water partition coefficient (Wildman–Crippen LogP) is 2.81. The minimum absolute atomic E-state index is 0.149. The Kier molecular flexibility index (Phi) is 6.14. The van der Waals surface area contributed by atoms with Crippen molar-refractivity contribution in [1.82, 2.24) is 9.91 Å². The lowest BCUT2D eigenvalue weighted by molar-refractivity contribution is -0.109. The van der Waals surface area contributed by atoms with Gasteiger partial charge in [-0.3, -0.25) is 4.79 Å². The molecule has 0 aromatic heterocycles. The van der Waals surface area contributed by atoms with E-state index in [0.717, 1.165) is 35.3 Å². The maximum Gasteiger partial charge on any atom is 0.321 e. The number of nitrogens with zero attached hydrogens (tertiary/aromatic N) is 3. The van der Waals surface area contributed by atoms with Crippen LogP contribution >= 0.6 is 0 Å². The summed E-state index contributed by atoms with van der Waals surface area (Å²) in [7, 11) is 7.04. The van der Waals surface area contributed by atoms with Crippen LogP contribution in [0.2, 0.25) is 0 Å². The van der Waals surface area contributed by atoms with Gasteiger partial charge in [0.25, 0.3) is 0 Å². The molecule has 6 nitrogen and oxygen atoms in total. The third-order valence-corrected chi connectivity index (χ3v) is 3.75. The van der Waals surface area contributed by atoms with Gasteiger partial charge in [-0.1, -0.05) is 24.3 Å². The van der Waals surface area contributed by atoms with E-state index in [1.807, 2.05) is 62.6 Å². The molecule has 0 saturated carbocycles. The molecule has 2 rings (SSSR count). The van der Waals surface area contributed by atoms with Crippen molar-refractivity contribution >= 4 is 23.8 Å². The zero-order chi connectivity index (χ0) is 18.4. The normalized spacial score (nSPS) is 10.4. The molecule has 2 aromatic rings. The number of rotatable bonds is 6. The van der Waals surface area contributed by atoms with Crippen molar-refractivity contribution in [2.24, 2.45) is 0 Å². The Hall–Kier alpha value is -2.86. The van der Waals surface area contributed by atoms with Crippen LogP contribution in [0.5, 0.6) is 0 Å². The van der Waals surface area contributed by atoms with Crippen LogP contribution in [0.1, 0.15) is 11.1 Å². The van der Waals surface area contributed by atoms with Crippen LogP contribution in [-0.4, -0.2) is 50.5 Å². The Balaban J connectivity index is 2.02. The number of urea groups is 1. The number of amides is 3. The van der Waals surface area contributed by atoms with E-state index in [9.17, 15) is 9.59 Å². The topological polar surface area (TPSA) is 55.9 Å². The largest absolute Gasteiger partial charge is 0.331 e. The Morgan fingerprint density at radius 2 is 1.44 bits per heavy atom. The molecule has 132 valence electrons. The first-order valence-corrected chi connectivity index (χ1v) is 7.98. The summed E-state index contributed by atoms with van der Waals surface area (Å²) >= 11 is 0. The lowest BCUT2D eigenvalue weighted by Gasteiger charge is -2.24. The van der Waals surface area contributed by atoms with Gasteiger partial charge in [-0.25, -0.2) is 14.8 Å². The van der Waals surface area contributed by atoms with Crippen LogP contribution < -0.4 is 10.3 Å². The second kappa shape index (κ2) is 8.30. The van der Waals surface area contributed by atoms with Crippen LogP contribution in [0.25, 0.3) is 0 Å². The highest BCUT2D eigenvalue weighted by Gasteiger charge is 2.07. The smallest absolute Gasteiger partial charge is 0.321 e. The minimum Gasteiger partial charge on any atom is -0.331 e. The van der Waals surface area contributed by atoms with Gasteiger partial charge < -0.3 is 10.2 Å². The molecule has 1 N–H and O–H groups in total. The first-order chi connectivity index (χ1) is 11.9. The molecule has 2 aromatic carbocycles. The molecule has 0 radical (unpaired) electrons. The molecule has 0 aliphatic carbocycles. The third-order valence-electron chi connectivity index (χ3n) is 3.75. The molecular formula is C19H24N4O2. The van der Waals surface area contributed by atoms with Gasteiger partial charge in [-0.2, -0.15) is 0 Å². The molecule has 0 aliphatic heterocycles. The fourth-order valence-electron chi connectivity index (χ4n) is 2.33. The molecule has 0 spiro atoms. The van der Waals surface area contributed by atoms with Crippen molar-refractivity contribution in [2.75, 3.05) is 38.5 Å². The van der Waals surface area contributed by atoms with E-state index in [0.29, 0.717) is 0 Å². The molecule has 0 fully saturated rings. The van der Waals surface area contributed by atoms with Crippen LogP contribution in [0.3, 0.4) is 0 Å². The Bertz CT molecular complexity index is 709. The molecule has 0 unspecified atom stereocenters. The van der Waals surface area contributed by atoms with Gasteiger partial charge in [0.15, 0.2) is 0 Å². The zero-order valence-corrected chi connectivity index (χ0v) is 15.1. The molecule has 0 saturated heterocycles. The molecule has 0 aliphatic rings. The standard InChI is InChI=1S/C19H24N4O2/c1-21(2)19(25)20-17-9-5-15(6-10-17)13-16-7-11-18(12-8-16)23(14-24)22(3)4/h5-12,14H,13H2,1-4H3,(H,20,25). The zero-order valence-electron chi connectivity index (χ0n) is 15.1. The molecule has 0 heterocycles. The highest BCUT2D eigenvalue weighted by atomic mass is 16.2. The van der Waals surface area contributed by atoms with Crippen LogP contribution in [0, 0.1) is 0 Å². The van der Waals surface area contributed by atoms with Crippen molar-refractivity contribution in [1.29, 1.82) is 0 Å². The van der Waals surface area contributed by atoms with E-state index in [1.165, 1.54) is 9.91 Å². The molecule has 25 heavy (non-hydrogen) atoms. The van der Waals surface area contributed by atoms with Gasteiger partial charge in [0.05, 0.1) is 5.69 Å². The van der Waals surface area contributed by atoms with Gasteiger partial charge in [-0.05, 0) is 41.8 Å². The Morgan fingerprint density at radius 1 is 0.920 bits per heavy atom. The number of carbonyl (C=O) groups excluding carboxylic acids is 2. The molecular weight excluding hydrogens is 316 g/mol. The lowest BCUT2D eigenvalue weighted by atomic mass is 10.0. The summed E-state index contributed by atoms with van der Waals surface area (Å²) in [5.74, 6) is 0. The first kappa shape index (κ1) is 18.5. The van der Waals surface area contributed by atoms with Gasteiger partial charge in [0.2, 0.25) is 6.41 Å². The molecule has 3 amide bonds. The van der Waals surface area contributed by atoms with E-state index in [-0.39, 0.29) is 6.03 Å². The number of hydrogen-bond donors (Lipinski definition) is 1. The summed E-state index contributed by atoms with van der Waals surface area (Å²) in [6.45, 7) is 0. The number of nitrogens with one attached hydrogen (secondary N) is 1. The van der Waals surface area contributed by atoms with E-state index in [4.69, 9.17) is 0 Å². The average molecular weight is 340 g/mol. The van der Waals surface area contributed by atoms with E-state index in [2.05, 4.69) is 5.32 Å². The monoisotopic (exact) mass is 340 g/mol. The highest BCUT2D eigenvalue weighted by molar-refractivity contribution is 5.88. The summed E-state index contributed by atoms with van der Waals surface area (Å²) in [6.07, 6.45) is 1.57. The van der Waals surface area contributed by atoms with Gasteiger partial charge >= 0.3 is 6.03 Å². The van der Waals surface area contributed by atoms with E-state index in [1.54, 1.807) is 19.1 Å². The fraction of sp³-hybridized carbons (Fsp3) is 0.263.